The average molecular weight is 173 g/mol. The Kier molecular flexibility index (Phi) is 1.54. The van der Waals surface area contributed by atoms with Crippen molar-refractivity contribution in [1.82, 2.24) is 0 Å². The second-order valence-electron chi connectivity index (χ2n) is 2.18. The minimum atomic E-state index is -1.53. The molecule has 0 aliphatic rings. The Labute approximate surface area is 73.6 Å². The van der Waals surface area contributed by atoms with Crippen LogP contribution in [-0.4, -0.2) is 27.0 Å². The molecule has 0 saturated carbocycles. The highest BCUT2D eigenvalue weighted by atomic mass is 16.3. The summed E-state index contributed by atoms with van der Waals surface area (Å²) in [7, 11) is 0. The first-order valence-electron chi connectivity index (χ1n) is 4.72. The predicted molar refractivity (Wildman–Crippen MR) is 41.8 cm³/mol. The second-order valence-corrected chi connectivity index (χ2v) is 2.18. The molecular weight excluding hydrogens is 160 g/mol. The van der Waals surface area contributed by atoms with Crippen LogP contribution in [0.15, 0.2) is 18.1 Å². The molecule has 0 aromatic heterocycles. The summed E-state index contributed by atoms with van der Waals surface area (Å²) >= 11 is 0. The zero-order valence-electron chi connectivity index (χ0n) is 9.07. The molecule has 1 aromatic rings. The first-order valence-corrected chi connectivity index (χ1v) is 3.22. The summed E-state index contributed by atoms with van der Waals surface area (Å²) in [4.78, 5) is 0. The van der Waals surface area contributed by atoms with Crippen molar-refractivity contribution in [3.8, 4) is 11.5 Å². The molecule has 0 saturated heterocycles. The Morgan fingerprint density at radius 3 is 2.58 bits per heavy atom. The zero-order valence-corrected chi connectivity index (χ0v) is 6.07. The highest BCUT2D eigenvalue weighted by Gasteiger charge is 2.07. The molecule has 0 amide bonds. The zero-order chi connectivity index (χ0) is 11.7. The van der Waals surface area contributed by atoms with Crippen molar-refractivity contribution in [3.05, 3.63) is 23.7 Å². The van der Waals surface area contributed by atoms with Crippen LogP contribution in [-0.2, 0) is 0 Å². The Balaban J connectivity index is 3.52. The van der Waals surface area contributed by atoms with Crippen LogP contribution in [0.3, 0.4) is 0 Å². The van der Waals surface area contributed by atoms with Gasteiger partial charge in [0.1, 0.15) is 6.10 Å². The van der Waals surface area contributed by atoms with Gasteiger partial charge in [-0.25, -0.2) is 0 Å². The van der Waals surface area contributed by atoms with Crippen LogP contribution in [0.25, 0.3) is 0 Å². The van der Waals surface area contributed by atoms with Crippen LogP contribution in [0.2, 0.25) is 0 Å². The summed E-state index contributed by atoms with van der Waals surface area (Å²) in [6, 6.07) is -1.93. The van der Waals surface area contributed by atoms with Crippen molar-refractivity contribution in [3.63, 3.8) is 0 Å². The SMILES string of the molecule is [2H]c1c([2H])c(C(O)CO)c([2H])c(O)c1O. The van der Waals surface area contributed by atoms with Gasteiger partial charge in [0.15, 0.2) is 11.5 Å². The van der Waals surface area contributed by atoms with E-state index in [1.54, 1.807) is 0 Å². The van der Waals surface area contributed by atoms with E-state index in [2.05, 4.69) is 0 Å². The monoisotopic (exact) mass is 173 g/mol. The summed E-state index contributed by atoms with van der Waals surface area (Å²) in [5.74, 6) is -1.75. The van der Waals surface area contributed by atoms with Gasteiger partial charge in [-0.3, -0.25) is 0 Å². The smallest absolute Gasteiger partial charge is 0.157 e. The van der Waals surface area contributed by atoms with Gasteiger partial charge < -0.3 is 20.4 Å². The Morgan fingerprint density at radius 2 is 2.00 bits per heavy atom. The predicted octanol–water partition coefficient (Wildman–Crippen LogP) is 0.123. The maximum absolute atomic E-state index is 9.26. The van der Waals surface area contributed by atoms with E-state index in [1.165, 1.54) is 0 Å². The van der Waals surface area contributed by atoms with Crippen LogP contribution >= 0.6 is 0 Å². The molecule has 0 aliphatic carbocycles. The van der Waals surface area contributed by atoms with Gasteiger partial charge in [0.05, 0.1) is 10.7 Å². The lowest BCUT2D eigenvalue weighted by molar-refractivity contribution is 0.0954. The Bertz CT molecular complexity index is 365. The van der Waals surface area contributed by atoms with E-state index in [9.17, 15) is 10.2 Å². The number of rotatable bonds is 2. The van der Waals surface area contributed by atoms with E-state index in [0.717, 1.165) is 0 Å². The lowest BCUT2D eigenvalue weighted by atomic mass is 10.1. The maximum Gasteiger partial charge on any atom is 0.157 e. The molecule has 0 aliphatic heterocycles. The van der Waals surface area contributed by atoms with Crippen molar-refractivity contribution in [2.45, 2.75) is 6.10 Å². The molecule has 0 fully saturated rings. The molecule has 4 N–H and O–H groups in total. The minimum Gasteiger partial charge on any atom is -0.504 e. The highest BCUT2D eigenvalue weighted by Crippen LogP contribution is 2.27. The van der Waals surface area contributed by atoms with Gasteiger partial charge in [-0.1, -0.05) is 6.04 Å². The van der Waals surface area contributed by atoms with Crippen LogP contribution in [0.5, 0.6) is 11.5 Å². The minimum absolute atomic E-state index is 0.377. The number of phenols is 2. The highest BCUT2D eigenvalue weighted by molar-refractivity contribution is 5.41. The molecule has 1 unspecified atom stereocenters. The number of aliphatic hydroxyl groups excluding tert-OH is 2. The van der Waals surface area contributed by atoms with Gasteiger partial charge >= 0.3 is 0 Å². The molecule has 0 bridgehead atoms. The number of benzene rings is 1. The molecule has 0 heterocycles. The summed E-state index contributed by atoms with van der Waals surface area (Å²) in [5, 5.41) is 36.3. The number of hydrogen-bond acceptors (Lipinski definition) is 4. The number of hydrogen-bond donors (Lipinski definition) is 4. The lowest BCUT2D eigenvalue weighted by Crippen LogP contribution is -2.01. The average Bonchev–Trinajstić information content (AvgIpc) is 2.23. The molecular formula is C8H10O4. The van der Waals surface area contributed by atoms with Gasteiger partial charge in [-0.15, -0.1) is 0 Å². The van der Waals surface area contributed by atoms with Crippen LogP contribution in [0, 0.1) is 0 Å². The van der Waals surface area contributed by atoms with Crippen LogP contribution in [0.4, 0.5) is 0 Å². The Morgan fingerprint density at radius 1 is 1.33 bits per heavy atom. The fourth-order valence-electron chi connectivity index (χ4n) is 0.662. The third kappa shape index (κ3) is 1.66. The first kappa shape index (κ1) is 5.40. The molecule has 1 rings (SSSR count). The fourth-order valence-corrected chi connectivity index (χ4v) is 0.662. The van der Waals surface area contributed by atoms with Crippen molar-refractivity contribution in [2.24, 2.45) is 0 Å². The molecule has 4 heteroatoms. The van der Waals surface area contributed by atoms with E-state index in [-0.39, 0.29) is 5.56 Å². The van der Waals surface area contributed by atoms with Crippen molar-refractivity contribution < 1.29 is 24.5 Å². The van der Waals surface area contributed by atoms with Gasteiger partial charge in [0.25, 0.3) is 0 Å². The summed E-state index contributed by atoms with van der Waals surface area (Å²) in [5.41, 5.74) is -0.377. The number of aromatic hydroxyl groups is 2. The third-order valence-electron chi connectivity index (χ3n) is 1.30. The molecule has 0 spiro atoms. The molecule has 4 nitrogen and oxygen atoms in total. The number of aliphatic hydroxyl groups is 2. The quantitative estimate of drug-likeness (QED) is 0.479. The first-order chi connectivity index (χ1) is 6.91. The van der Waals surface area contributed by atoms with E-state index >= 15 is 0 Å². The van der Waals surface area contributed by atoms with Crippen molar-refractivity contribution in [1.29, 1.82) is 0 Å². The van der Waals surface area contributed by atoms with Crippen molar-refractivity contribution in [2.75, 3.05) is 6.61 Å². The van der Waals surface area contributed by atoms with Gasteiger partial charge in [0, 0.05) is 0 Å². The molecule has 12 heavy (non-hydrogen) atoms. The number of phenolic OH excluding ortho intramolecular Hbond substituents is 2. The molecule has 66 valence electrons. The normalized spacial score (nSPS) is 16.3. The molecule has 1 atom stereocenters. The van der Waals surface area contributed by atoms with E-state index in [1.807, 2.05) is 0 Å². The fraction of sp³-hybridized carbons (Fsp3) is 0.250. The standard InChI is InChI=1S/C8H10O4/c9-4-8(12)5-1-2-6(10)7(11)3-5/h1-3,8-12H,4H2/i1D,2D,3D. The molecule has 1 aromatic carbocycles. The van der Waals surface area contributed by atoms with Gasteiger partial charge in [-0.05, 0) is 17.6 Å². The largest absolute Gasteiger partial charge is 0.504 e. The Hall–Kier alpha value is -1.26. The topological polar surface area (TPSA) is 80.9 Å². The van der Waals surface area contributed by atoms with Crippen molar-refractivity contribution >= 4 is 0 Å². The third-order valence-corrected chi connectivity index (χ3v) is 1.30. The second kappa shape index (κ2) is 3.42. The van der Waals surface area contributed by atoms with Crippen LogP contribution in [0.1, 0.15) is 15.8 Å². The van der Waals surface area contributed by atoms with Gasteiger partial charge in [-0.2, -0.15) is 0 Å². The summed E-state index contributed by atoms with van der Waals surface area (Å²) in [6.45, 7) is -0.735. The van der Waals surface area contributed by atoms with Gasteiger partial charge in [0.2, 0.25) is 0 Å². The van der Waals surface area contributed by atoms with Crippen LogP contribution < -0.4 is 0 Å². The molecule has 0 radical (unpaired) electrons. The van der Waals surface area contributed by atoms with E-state index in [4.69, 9.17) is 14.3 Å². The summed E-state index contributed by atoms with van der Waals surface area (Å²) < 4.78 is 21.9. The van der Waals surface area contributed by atoms with E-state index < -0.39 is 42.3 Å². The lowest BCUT2D eigenvalue weighted by Gasteiger charge is -2.07. The van der Waals surface area contributed by atoms with E-state index in [0.29, 0.717) is 0 Å². The summed E-state index contributed by atoms with van der Waals surface area (Å²) in [6.07, 6.45) is -1.53. The maximum atomic E-state index is 9.26.